The maximum Gasteiger partial charge on any atom is 0.224 e. The SMILES string of the molecule is CC(C)c1ccc(CC(=O)NC(C)c2cc3nn(C)cc3cn2)cc1. The fourth-order valence-corrected chi connectivity index (χ4v) is 2.87. The van der Waals surface area contributed by atoms with Gasteiger partial charge in [-0.2, -0.15) is 5.10 Å². The van der Waals surface area contributed by atoms with Gasteiger partial charge in [-0.3, -0.25) is 14.5 Å². The summed E-state index contributed by atoms with van der Waals surface area (Å²) in [6, 6.07) is 10.0. The fourth-order valence-electron chi connectivity index (χ4n) is 2.87. The van der Waals surface area contributed by atoms with Crippen LogP contribution in [0.3, 0.4) is 0 Å². The molecule has 2 heterocycles. The Bertz CT molecular complexity index is 880. The largest absolute Gasteiger partial charge is 0.348 e. The van der Waals surface area contributed by atoms with Crippen LogP contribution in [0, 0.1) is 0 Å². The number of aryl methyl sites for hydroxylation is 1. The average molecular weight is 336 g/mol. The molecule has 0 aliphatic rings. The molecule has 0 saturated heterocycles. The molecule has 3 rings (SSSR count). The van der Waals surface area contributed by atoms with Crippen molar-refractivity contribution < 1.29 is 4.79 Å². The van der Waals surface area contributed by atoms with Gasteiger partial charge in [-0.05, 0) is 30.0 Å². The predicted octanol–water partition coefficient (Wildman–Crippen LogP) is 3.51. The summed E-state index contributed by atoms with van der Waals surface area (Å²) in [5.74, 6) is 0.489. The molecule has 0 saturated carbocycles. The molecule has 1 unspecified atom stereocenters. The Labute approximate surface area is 148 Å². The molecule has 1 aromatic carbocycles. The van der Waals surface area contributed by atoms with E-state index in [4.69, 9.17) is 0 Å². The first kappa shape index (κ1) is 17.1. The summed E-state index contributed by atoms with van der Waals surface area (Å²) in [5.41, 5.74) is 4.00. The monoisotopic (exact) mass is 336 g/mol. The van der Waals surface area contributed by atoms with E-state index in [-0.39, 0.29) is 11.9 Å². The summed E-state index contributed by atoms with van der Waals surface area (Å²) in [6.45, 7) is 6.26. The molecule has 25 heavy (non-hydrogen) atoms. The van der Waals surface area contributed by atoms with Gasteiger partial charge in [0.15, 0.2) is 0 Å². The quantitative estimate of drug-likeness (QED) is 0.775. The lowest BCUT2D eigenvalue weighted by Crippen LogP contribution is -2.28. The van der Waals surface area contributed by atoms with Crippen molar-refractivity contribution in [3.8, 4) is 0 Å². The zero-order valence-electron chi connectivity index (χ0n) is 15.2. The molecule has 1 N–H and O–H groups in total. The highest BCUT2D eigenvalue weighted by atomic mass is 16.1. The van der Waals surface area contributed by atoms with Gasteiger partial charge in [-0.25, -0.2) is 0 Å². The number of pyridine rings is 1. The van der Waals surface area contributed by atoms with Crippen molar-refractivity contribution in [2.24, 2.45) is 7.05 Å². The highest BCUT2D eigenvalue weighted by molar-refractivity contribution is 5.80. The minimum atomic E-state index is -0.158. The third-order valence-electron chi connectivity index (χ3n) is 4.36. The van der Waals surface area contributed by atoms with E-state index in [0.717, 1.165) is 22.2 Å². The van der Waals surface area contributed by atoms with Crippen LogP contribution in [-0.2, 0) is 18.3 Å². The second-order valence-corrected chi connectivity index (χ2v) is 6.83. The molecule has 5 heteroatoms. The first-order valence-corrected chi connectivity index (χ1v) is 8.60. The zero-order chi connectivity index (χ0) is 18.0. The number of fused-ring (bicyclic) bond motifs is 1. The standard InChI is InChI=1S/C20H24N4O/c1-13(2)16-7-5-15(6-8-16)9-20(25)22-14(3)18-10-19-17(11-21-18)12-24(4)23-19/h5-8,10-14H,9H2,1-4H3,(H,22,25). The van der Waals surface area contributed by atoms with Gasteiger partial charge >= 0.3 is 0 Å². The van der Waals surface area contributed by atoms with Crippen molar-refractivity contribution >= 4 is 16.8 Å². The number of nitrogens with zero attached hydrogens (tertiary/aromatic N) is 3. The number of nitrogens with one attached hydrogen (secondary N) is 1. The summed E-state index contributed by atoms with van der Waals surface area (Å²) in [5, 5.41) is 8.40. The van der Waals surface area contributed by atoms with Crippen LogP contribution in [0.15, 0.2) is 42.7 Å². The maximum atomic E-state index is 12.3. The molecule has 0 bridgehead atoms. The fraction of sp³-hybridized carbons (Fsp3) is 0.350. The highest BCUT2D eigenvalue weighted by Gasteiger charge is 2.13. The number of aromatic nitrogens is 3. The summed E-state index contributed by atoms with van der Waals surface area (Å²) in [6.07, 6.45) is 4.09. The molecule has 0 radical (unpaired) electrons. The molecular weight excluding hydrogens is 312 g/mol. The molecule has 1 amide bonds. The van der Waals surface area contributed by atoms with Crippen molar-refractivity contribution in [1.82, 2.24) is 20.1 Å². The van der Waals surface area contributed by atoms with Gasteiger partial charge in [0, 0.05) is 24.8 Å². The number of carbonyl (C=O) groups is 1. The average Bonchev–Trinajstić information content (AvgIpc) is 2.94. The Morgan fingerprint density at radius 2 is 1.92 bits per heavy atom. The Balaban J connectivity index is 1.64. The lowest BCUT2D eigenvalue weighted by molar-refractivity contribution is -0.121. The van der Waals surface area contributed by atoms with E-state index in [1.165, 1.54) is 5.56 Å². The number of amides is 1. The van der Waals surface area contributed by atoms with Crippen LogP contribution in [0.4, 0.5) is 0 Å². The van der Waals surface area contributed by atoms with E-state index >= 15 is 0 Å². The van der Waals surface area contributed by atoms with E-state index < -0.39 is 0 Å². The molecule has 0 aliphatic heterocycles. The van der Waals surface area contributed by atoms with Crippen molar-refractivity contribution in [3.63, 3.8) is 0 Å². The van der Waals surface area contributed by atoms with Crippen molar-refractivity contribution in [1.29, 1.82) is 0 Å². The summed E-state index contributed by atoms with van der Waals surface area (Å²) >= 11 is 0. The van der Waals surface area contributed by atoms with Gasteiger partial charge < -0.3 is 5.32 Å². The summed E-state index contributed by atoms with van der Waals surface area (Å²) < 4.78 is 1.76. The lowest BCUT2D eigenvalue weighted by atomic mass is 10.0. The van der Waals surface area contributed by atoms with Gasteiger partial charge in [0.1, 0.15) is 0 Å². The van der Waals surface area contributed by atoms with Crippen LogP contribution < -0.4 is 5.32 Å². The van der Waals surface area contributed by atoms with Crippen LogP contribution in [0.25, 0.3) is 10.9 Å². The normalized spacial score (nSPS) is 12.5. The molecule has 0 spiro atoms. The minimum Gasteiger partial charge on any atom is -0.348 e. The number of hydrogen-bond donors (Lipinski definition) is 1. The molecule has 0 fully saturated rings. The number of rotatable bonds is 5. The van der Waals surface area contributed by atoms with Crippen LogP contribution >= 0.6 is 0 Å². The molecule has 130 valence electrons. The van der Waals surface area contributed by atoms with E-state index in [1.807, 2.05) is 38.4 Å². The van der Waals surface area contributed by atoms with Gasteiger partial charge in [0.2, 0.25) is 5.91 Å². The van der Waals surface area contributed by atoms with Crippen molar-refractivity contribution in [2.75, 3.05) is 0 Å². The lowest BCUT2D eigenvalue weighted by Gasteiger charge is -2.14. The minimum absolute atomic E-state index is 0.00675. The molecule has 1 atom stereocenters. The van der Waals surface area contributed by atoms with E-state index in [9.17, 15) is 4.79 Å². The first-order chi connectivity index (χ1) is 11.9. The van der Waals surface area contributed by atoms with Crippen molar-refractivity contribution in [3.05, 3.63) is 59.5 Å². The van der Waals surface area contributed by atoms with E-state index in [1.54, 1.807) is 10.9 Å². The Kier molecular flexibility index (Phi) is 4.83. The topological polar surface area (TPSA) is 59.8 Å². The van der Waals surface area contributed by atoms with Gasteiger partial charge in [-0.1, -0.05) is 38.1 Å². The molecule has 3 aromatic rings. The number of benzene rings is 1. The second-order valence-electron chi connectivity index (χ2n) is 6.83. The summed E-state index contributed by atoms with van der Waals surface area (Å²) in [7, 11) is 1.88. The van der Waals surface area contributed by atoms with Crippen LogP contribution in [0.2, 0.25) is 0 Å². The third kappa shape index (κ3) is 4.05. The molecule has 2 aromatic heterocycles. The van der Waals surface area contributed by atoms with Crippen molar-refractivity contribution in [2.45, 2.75) is 39.2 Å². The van der Waals surface area contributed by atoms with E-state index in [2.05, 4.69) is 41.4 Å². The summed E-state index contributed by atoms with van der Waals surface area (Å²) in [4.78, 5) is 16.8. The maximum absolute atomic E-state index is 12.3. The number of carbonyl (C=O) groups excluding carboxylic acids is 1. The van der Waals surface area contributed by atoms with Crippen LogP contribution in [-0.4, -0.2) is 20.7 Å². The third-order valence-corrected chi connectivity index (χ3v) is 4.36. The second kappa shape index (κ2) is 7.05. The smallest absolute Gasteiger partial charge is 0.224 e. The first-order valence-electron chi connectivity index (χ1n) is 8.60. The Hall–Kier alpha value is -2.69. The van der Waals surface area contributed by atoms with Crippen LogP contribution in [0.5, 0.6) is 0 Å². The Morgan fingerprint density at radius 3 is 2.60 bits per heavy atom. The Morgan fingerprint density at radius 1 is 1.20 bits per heavy atom. The predicted molar refractivity (Wildman–Crippen MR) is 99.3 cm³/mol. The highest BCUT2D eigenvalue weighted by Crippen LogP contribution is 2.17. The zero-order valence-corrected chi connectivity index (χ0v) is 15.2. The van der Waals surface area contributed by atoms with Crippen LogP contribution in [0.1, 0.15) is 49.6 Å². The number of hydrogen-bond acceptors (Lipinski definition) is 3. The van der Waals surface area contributed by atoms with E-state index in [0.29, 0.717) is 12.3 Å². The molecule has 5 nitrogen and oxygen atoms in total. The molecular formula is C20H24N4O. The molecule has 0 aliphatic carbocycles. The van der Waals surface area contributed by atoms with Gasteiger partial charge in [0.05, 0.1) is 23.7 Å². The van der Waals surface area contributed by atoms with Gasteiger partial charge in [0.25, 0.3) is 0 Å². The van der Waals surface area contributed by atoms with Gasteiger partial charge in [-0.15, -0.1) is 0 Å².